The molecule has 0 atom stereocenters. The van der Waals surface area contributed by atoms with Crippen molar-refractivity contribution < 1.29 is 9.66 Å². The van der Waals surface area contributed by atoms with Crippen molar-refractivity contribution in [2.24, 2.45) is 0 Å². The number of nitriles is 1. The average Bonchev–Trinajstić information content (AvgIpc) is 2.87. The third kappa shape index (κ3) is 2.75. The number of aromatic nitrogens is 2. The minimum atomic E-state index is -0.598. The lowest BCUT2D eigenvalue weighted by atomic mass is 10.2. The van der Waals surface area contributed by atoms with Crippen molar-refractivity contribution in [2.45, 2.75) is 19.9 Å². The standard InChI is InChI=1S/C13H12N4O3/c1-9(2)16-8-12(7-15-16)20-11-3-4-13(17(18)19)10(5-11)6-14/h3-5,7-9H,1-2H3. The molecule has 0 aliphatic heterocycles. The predicted molar refractivity (Wildman–Crippen MR) is 70.5 cm³/mol. The van der Waals surface area contributed by atoms with Crippen molar-refractivity contribution in [3.63, 3.8) is 0 Å². The van der Waals surface area contributed by atoms with Gasteiger partial charge in [0.1, 0.15) is 17.4 Å². The van der Waals surface area contributed by atoms with E-state index in [-0.39, 0.29) is 17.3 Å². The predicted octanol–water partition coefficient (Wildman–Crippen LogP) is 3.04. The SMILES string of the molecule is CC(C)n1cc(Oc2ccc([N+](=O)[O-])c(C#N)c2)cn1. The van der Waals surface area contributed by atoms with Crippen LogP contribution in [0.15, 0.2) is 30.6 Å². The molecule has 1 aromatic heterocycles. The maximum atomic E-state index is 10.7. The van der Waals surface area contributed by atoms with Crippen molar-refractivity contribution in [3.8, 4) is 17.6 Å². The molecule has 0 fully saturated rings. The molecule has 20 heavy (non-hydrogen) atoms. The van der Waals surface area contributed by atoms with Gasteiger partial charge in [-0.3, -0.25) is 14.8 Å². The van der Waals surface area contributed by atoms with Gasteiger partial charge in [0.25, 0.3) is 5.69 Å². The molecule has 2 aromatic rings. The minimum Gasteiger partial charge on any atom is -0.454 e. The molecule has 0 bridgehead atoms. The highest BCUT2D eigenvalue weighted by molar-refractivity contribution is 5.52. The van der Waals surface area contributed by atoms with Gasteiger partial charge in [0.15, 0.2) is 5.75 Å². The Bertz CT molecular complexity index is 685. The molecule has 102 valence electrons. The number of nitro benzene ring substituents is 1. The molecule has 7 nitrogen and oxygen atoms in total. The second-order valence-corrected chi connectivity index (χ2v) is 4.40. The Kier molecular flexibility index (Phi) is 3.66. The van der Waals surface area contributed by atoms with Gasteiger partial charge < -0.3 is 4.74 Å². The van der Waals surface area contributed by atoms with E-state index in [1.54, 1.807) is 23.1 Å². The number of hydrogen-bond donors (Lipinski definition) is 0. The molecular weight excluding hydrogens is 260 g/mol. The smallest absolute Gasteiger partial charge is 0.287 e. The van der Waals surface area contributed by atoms with Gasteiger partial charge in [-0.05, 0) is 19.9 Å². The van der Waals surface area contributed by atoms with E-state index in [1.165, 1.54) is 18.2 Å². The van der Waals surface area contributed by atoms with Crippen LogP contribution in [0.4, 0.5) is 5.69 Å². The van der Waals surface area contributed by atoms with E-state index in [0.717, 1.165) is 0 Å². The summed E-state index contributed by atoms with van der Waals surface area (Å²) in [5.41, 5.74) is -0.276. The van der Waals surface area contributed by atoms with Crippen LogP contribution in [-0.4, -0.2) is 14.7 Å². The molecule has 0 radical (unpaired) electrons. The van der Waals surface area contributed by atoms with E-state index >= 15 is 0 Å². The summed E-state index contributed by atoms with van der Waals surface area (Å²) in [6.45, 7) is 3.97. The van der Waals surface area contributed by atoms with Gasteiger partial charge in [-0.25, -0.2) is 0 Å². The summed E-state index contributed by atoms with van der Waals surface area (Å²) in [6, 6.07) is 6.03. The Labute approximate surface area is 115 Å². The molecule has 1 aromatic carbocycles. The maximum Gasteiger partial charge on any atom is 0.287 e. The van der Waals surface area contributed by atoms with Gasteiger partial charge in [0, 0.05) is 18.2 Å². The summed E-state index contributed by atoms with van der Waals surface area (Å²) in [6.07, 6.45) is 3.27. The van der Waals surface area contributed by atoms with Crippen LogP contribution in [-0.2, 0) is 0 Å². The van der Waals surface area contributed by atoms with Crippen LogP contribution in [0.25, 0.3) is 0 Å². The monoisotopic (exact) mass is 272 g/mol. The molecule has 0 saturated carbocycles. The molecule has 0 amide bonds. The number of benzene rings is 1. The summed E-state index contributed by atoms with van der Waals surface area (Å²) in [7, 11) is 0. The first kappa shape index (κ1) is 13.5. The lowest BCUT2D eigenvalue weighted by Gasteiger charge is -2.04. The Morgan fingerprint density at radius 2 is 2.20 bits per heavy atom. The zero-order valence-electron chi connectivity index (χ0n) is 11.0. The molecule has 0 spiro atoms. The van der Waals surface area contributed by atoms with E-state index in [4.69, 9.17) is 10.00 Å². The van der Waals surface area contributed by atoms with Gasteiger partial charge in [-0.2, -0.15) is 10.4 Å². The van der Waals surface area contributed by atoms with Gasteiger partial charge in [0.2, 0.25) is 0 Å². The topological polar surface area (TPSA) is 94.0 Å². The third-order valence-electron chi connectivity index (χ3n) is 2.63. The summed E-state index contributed by atoms with van der Waals surface area (Å²) in [5, 5.41) is 23.8. The fourth-order valence-electron chi connectivity index (χ4n) is 1.62. The second kappa shape index (κ2) is 5.40. The highest BCUT2D eigenvalue weighted by Crippen LogP contribution is 2.27. The highest BCUT2D eigenvalue weighted by atomic mass is 16.6. The van der Waals surface area contributed by atoms with Crippen molar-refractivity contribution >= 4 is 5.69 Å². The van der Waals surface area contributed by atoms with Crippen molar-refractivity contribution in [3.05, 3.63) is 46.3 Å². The zero-order valence-corrected chi connectivity index (χ0v) is 11.0. The first-order valence-corrected chi connectivity index (χ1v) is 5.92. The summed E-state index contributed by atoms with van der Waals surface area (Å²) in [4.78, 5) is 10.1. The first-order valence-electron chi connectivity index (χ1n) is 5.92. The number of rotatable bonds is 4. The number of nitro groups is 1. The molecule has 0 saturated heterocycles. The van der Waals surface area contributed by atoms with E-state index in [2.05, 4.69) is 5.10 Å². The maximum absolute atomic E-state index is 10.7. The van der Waals surface area contributed by atoms with Gasteiger partial charge in [-0.15, -0.1) is 0 Å². The second-order valence-electron chi connectivity index (χ2n) is 4.40. The molecule has 7 heteroatoms. The Balaban J connectivity index is 2.25. The van der Waals surface area contributed by atoms with Crippen LogP contribution in [0.3, 0.4) is 0 Å². The van der Waals surface area contributed by atoms with Crippen LogP contribution in [0.1, 0.15) is 25.5 Å². The third-order valence-corrected chi connectivity index (χ3v) is 2.63. The normalized spacial score (nSPS) is 10.3. The van der Waals surface area contributed by atoms with Gasteiger partial charge >= 0.3 is 0 Å². The first-order chi connectivity index (χ1) is 9.51. The van der Waals surface area contributed by atoms with Crippen molar-refractivity contribution in [1.82, 2.24) is 9.78 Å². The lowest BCUT2D eigenvalue weighted by Crippen LogP contribution is -1.99. The Morgan fingerprint density at radius 1 is 1.45 bits per heavy atom. The van der Waals surface area contributed by atoms with Gasteiger partial charge in [0.05, 0.1) is 17.3 Å². The van der Waals surface area contributed by atoms with Gasteiger partial charge in [-0.1, -0.05) is 0 Å². The van der Waals surface area contributed by atoms with Crippen LogP contribution >= 0.6 is 0 Å². The van der Waals surface area contributed by atoms with Crippen LogP contribution in [0.5, 0.6) is 11.5 Å². The molecule has 0 unspecified atom stereocenters. The average molecular weight is 272 g/mol. The fourth-order valence-corrected chi connectivity index (χ4v) is 1.62. The summed E-state index contributed by atoms with van der Waals surface area (Å²) in [5.74, 6) is 0.867. The molecule has 0 aliphatic rings. The lowest BCUT2D eigenvalue weighted by molar-refractivity contribution is -0.385. The fraction of sp³-hybridized carbons (Fsp3) is 0.231. The van der Waals surface area contributed by atoms with Crippen LogP contribution in [0.2, 0.25) is 0 Å². The number of nitrogens with zero attached hydrogens (tertiary/aromatic N) is 4. The summed E-state index contributed by atoms with van der Waals surface area (Å²) >= 11 is 0. The minimum absolute atomic E-state index is 0.0382. The van der Waals surface area contributed by atoms with E-state index in [0.29, 0.717) is 11.5 Å². The van der Waals surface area contributed by atoms with E-state index < -0.39 is 4.92 Å². The molecule has 1 heterocycles. The van der Waals surface area contributed by atoms with E-state index in [9.17, 15) is 10.1 Å². The molecular formula is C13H12N4O3. The Morgan fingerprint density at radius 3 is 2.75 bits per heavy atom. The molecule has 0 aliphatic carbocycles. The van der Waals surface area contributed by atoms with Crippen molar-refractivity contribution in [2.75, 3.05) is 0 Å². The van der Waals surface area contributed by atoms with E-state index in [1.807, 2.05) is 13.8 Å². The molecule has 2 rings (SSSR count). The molecule has 0 N–H and O–H groups in total. The van der Waals surface area contributed by atoms with Crippen LogP contribution in [0, 0.1) is 21.4 Å². The summed E-state index contributed by atoms with van der Waals surface area (Å²) < 4.78 is 7.26. The Hall–Kier alpha value is -2.88. The number of ether oxygens (including phenoxy) is 1. The largest absolute Gasteiger partial charge is 0.454 e. The zero-order chi connectivity index (χ0) is 14.7. The number of hydrogen-bond acceptors (Lipinski definition) is 5. The van der Waals surface area contributed by atoms with Crippen LogP contribution < -0.4 is 4.74 Å². The van der Waals surface area contributed by atoms with Crippen molar-refractivity contribution in [1.29, 1.82) is 5.26 Å². The quantitative estimate of drug-likeness (QED) is 0.629. The highest BCUT2D eigenvalue weighted by Gasteiger charge is 2.14.